The van der Waals surface area contributed by atoms with Crippen LogP contribution in [0, 0.1) is 0 Å². The summed E-state index contributed by atoms with van der Waals surface area (Å²) in [5.74, 6) is 0. The standard InChI is InChI=1S/C79H51N3/c1-3-19-52(20-4-1)54-43-47-59(48-44-54)82-74-35-16-11-26-65(74)67-29-17-28-61(78(67)82)56-39-37-53(38-40-56)55-41-45-58(46-42-55)80(60-49-50-66-64-25-10-15-34-73(64)81(76(66)51-60)57-21-5-2-6-22-57)75-36-18-33-72-77(75)68-27-9-14-32-71(68)79(72)69-30-12-7-23-62(69)63-24-8-13-31-70(63)79/h1-51H. The lowest BCUT2D eigenvalue weighted by Crippen LogP contribution is -2.26. The van der Waals surface area contributed by atoms with E-state index in [1.54, 1.807) is 0 Å². The molecule has 0 bridgehead atoms. The minimum absolute atomic E-state index is 0.475. The van der Waals surface area contributed by atoms with Gasteiger partial charge in [-0.1, -0.05) is 243 Å². The summed E-state index contributed by atoms with van der Waals surface area (Å²) in [6.45, 7) is 0. The van der Waals surface area contributed by atoms with Crippen molar-refractivity contribution in [2.24, 2.45) is 0 Å². The lowest BCUT2D eigenvalue weighted by Gasteiger charge is -2.32. The van der Waals surface area contributed by atoms with Gasteiger partial charge in [0.05, 0.1) is 33.2 Å². The quantitative estimate of drug-likeness (QED) is 0.148. The van der Waals surface area contributed by atoms with E-state index in [0.717, 1.165) is 45.1 Å². The minimum Gasteiger partial charge on any atom is -0.310 e. The molecule has 0 amide bonds. The van der Waals surface area contributed by atoms with Gasteiger partial charge < -0.3 is 14.0 Å². The average molecular weight is 1040 g/mol. The van der Waals surface area contributed by atoms with E-state index in [9.17, 15) is 0 Å². The molecule has 0 radical (unpaired) electrons. The molecule has 2 heterocycles. The van der Waals surface area contributed by atoms with Crippen LogP contribution in [0.25, 0.3) is 111 Å². The molecular weight excluding hydrogens is 991 g/mol. The third-order valence-corrected chi connectivity index (χ3v) is 17.8. The largest absolute Gasteiger partial charge is 0.310 e. The SMILES string of the molecule is c1ccc(-c2ccc(-n3c4ccccc4c4cccc(-c5ccc(-c6ccc(N(c7ccc8c9ccccc9n(-c9ccccc9)c8c7)c7cccc8c7-c7ccccc7C87c8ccccc8-c8ccccc87)cc6)cc5)c43)cc2)cc1. The summed E-state index contributed by atoms with van der Waals surface area (Å²) in [6.07, 6.45) is 0. The van der Waals surface area contributed by atoms with Gasteiger partial charge in [0.2, 0.25) is 0 Å². The second-order valence-corrected chi connectivity index (χ2v) is 21.9. The van der Waals surface area contributed by atoms with E-state index in [-0.39, 0.29) is 0 Å². The van der Waals surface area contributed by atoms with Gasteiger partial charge in [0.25, 0.3) is 0 Å². The molecule has 0 aliphatic heterocycles. The van der Waals surface area contributed by atoms with Gasteiger partial charge in [-0.05, 0) is 133 Å². The van der Waals surface area contributed by atoms with Gasteiger partial charge in [-0.25, -0.2) is 0 Å². The van der Waals surface area contributed by atoms with Crippen LogP contribution >= 0.6 is 0 Å². The number of benzene rings is 13. The molecule has 0 fully saturated rings. The molecule has 17 rings (SSSR count). The Morgan fingerprint density at radius 3 is 1.38 bits per heavy atom. The predicted octanol–water partition coefficient (Wildman–Crippen LogP) is 20.7. The second kappa shape index (κ2) is 18.2. The number of aromatic nitrogens is 2. The van der Waals surface area contributed by atoms with Crippen LogP contribution in [-0.2, 0) is 5.41 Å². The van der Waals surface area contributed by atoms with E-state index < -0.39 is 5.41 Å². The molecule has 0 saturated heterocycles. The molecule has 2 aromatic heterocycles. The highest BCUT2D eigenvalue weighted by molar-refractivity contribution is 6.14. The molecule has 0 N–H and O–H groups in total. The molecule has 3 heteroatoms. The number of hydrogen-bond acceptors (Lipinski definition) is 1. The molecule has 15 aromatic rings. The van der Waals surface area contributed by atoms with E-state index in [1.807, 2.05) is 0 Å². The number of rotatable bonds is 8. The molecule has 0 unspecified atom stereocenters. The average Bonchev–Trinajstić information content (AvgIpc) is 1.66. The van der Waals surface area contributed by atoms with E-state index >= 15 is 0 Å². The molecular formula is C79H51N3. The minimum atomic E-state index is -0.475. The lowest BCUT2D eigenvalue weighted by molar-refractivity contribution is 0.794. The Morgan fingerprint density at radius 2 is 0.695 bits per heavy atom. The van der Waals surface area contributed by atoms with Crippen LogP contribution in [0.15, 0.2) is 309 Å². The first-order valence-electron chi connectivity index (χ1n) is 28.4. The lowest BCUT2D eigenvalue weighted by atomic mass is 9.70. The maximum absolute atomic E-state index is 2.51. The van der Waals surface area contributed by atoms with Gasteiger partial charge in [0.15, 0.2) is 0 Å². The predicted molar refractivity (Wildman–Crippen MR) is 342 cm³/mol. The number of nitrogens with zero attached hydrogens (tertiary/aromatic N) is 3. The number of para-hydroxylation sites is 4. The summed E-state index contributed by atoms with van der Waals surface area (Å²) < 4.78 is 4.87. The number of fused-ring (bicyclic) bond motifs is 16. The zero-order valence-corrected chi connectivity index (χ0v) is 44.8. The molecule has 82 heavy (non-hydrogen) atoms. The molecule has 0 saturated carbocycles. The van der Waals surface area contributed by atoms with E-state index in [1.165, 1.54) is 105 Å². The van der Waals surface area contributed by atoms with Crippen molar-refractivity contribution in [1.82, 2.24) is 9.13 Å². The highest BCUT2D eigenvalue weighted by atomic mass is 15.1. The van der Waals surface area contributed by atoms with Crippen molar-refractivity contribution in [1.29, 1.82) is 0 Å². The van der Waals surface area contributed by atoms with E-state index in [0.29, 0.717) is 0 Å². The first-order chi connectivity index (χ1) is 40.7. The Kier molecular flexibility index (Phi) is 10.2. The molecule has 1 spiro atoms. The van der Waals surface area contributed by atoms with Crippen molar-refractivity contribution in [2.45, 2.75) is 5.41 Å². The van der Waals surface area contributed by atoms with E-state index in [4.69, 9.17) is 0 Å². The van der Waals surface area contributed by atoms with Crippen molar-refractivity contribution < 1.29 is 0 Å². The molecule has 2 aliphatic carbocycles. The Hall–Kier alpha value is -10.7. The van der Waals surface area contributed by atoms with Crippen LogP contribution in [0.2, 0.25) is 0 Å². The molecule has 3 nitrogen and oxygen atoms in total. The van der Waals surface area contributed by atoms with Crippen molar-refractivity contribution in [3.63, 3.8) is 0 Å². The van der Waals surface area contributed by atoms with Gasteiger partial charge in [-0.3, -0.25) is 0 Å². The molecule has 2 aliphatic rings. The van der Waals surface area contributed by atoms with Crippen LogP contribution in [0.4, 0.5) is 17.1 Å². The fourth-order valence-electron chi connectivity index (χ4n) is 14.3. The summed E-state index contributed by atoms with van der Waals surface area (Å²) >= 11 is 0. The fraction of sp³-hybridized carbons (Fsp3) is 0.0127. The summed E-state index contributed by atoms with van der Waals surface area (Å²) in [5.41, 5.74) is 27.4. The zero-order valence-electron chi connectivity index (χ0n) is 44.8. The monoisotopic (exact) mass is 1040 g/mol. The Bertz CT molecular complexity index is 4960. The summed E-state index contributed by atoms with van der Waals surface area (Å²) in [4.78, 5) is 2.51. The second-order valence-electron chi connectivity index (χ2n) is 21.9. The summed E-state index contributed by atoms with van der Waals surface area (Å²) in [5, 5.41) is 4.94. The number of anilines is 3. The van der Waals surface area contributed by atoms with Crippen molar-refractivity contribution in [3.8, 4) is 67.0 Å². The fourth-order valence-corrected chi connectivity index (χ4v) is 14.3. The summed E-state index contributed by atoms with van der Waals surface area (Å²) in [7, 11) is 0. The van der Waals surface area contributed by atoms with Crippen molar-refractivity contribution >= 4 is 60.7 Å². The van der Waals surface area contributed by atoms with Crippen molar-refractivity contribution in [3.05, 3.63) is 332 Å². The first kappa shape index (κ1) is 46.2. The van der Waals surface area contributed by atoms with Crippen LogP contribution < -0.4 is 4.90 Å². The smallest absolute Gasteiger partial charge is 0.0726 e. The van der Waals surface area contributed by atoms with Crippen LogP contribution in [0.5, 0.6) is 0 Å². The molecule has 13 aromatic carbocycles. The van der Waals surface area contributed by atoms with Crippen LogP contribution in [0.1, 0.15) is 22.3 Å². The molecule has 382 valence electrons. The Balaban J connectivity index is 0.812. The van der Waals surface area contributed by atoms with Crippen LogP contribution in [-0.4, -0.2) is 9.13 Å². The Labute approximate surface area is 476 Å². The maximum Gasteiger partial charge on any atom is 0.0726 e. The zero-order chi connectivity index (χ0) is 53.9. The highest BCUT2D eigenvalue weighted by Crippen LogP contribution is 2.64. The third kappa shape index (κ3) is 6.71. The van der Waals surface area contributed by atoms with Crippen molar-refractivity contribution in [2.75, 3.05) is 4.90 Å². The van der Waals surface area contributed by atoms with Gasteiger partial charge in [-0.15, -0.1) is 0 Å². The topological polar surface area (TPSA) is 13.1 Å². The van der Waals surface area contributed by atoms with Gasteiger partial charge in [-0.2, -0.15) is 0 Å². The van der Waals surface area contributed by atoms with Gasteiger partial charge >= 0.3 is 0 Å². The van der Waals surface area contributed by atoms with Crippen LogP contribution in [0.3, 0.4) is 0 Å². The Morgan fingerprint density at radius 1 is 0.256 bits per heavy atom. The first-order valence-corrected chi connectivity index (χ1v) is 28.4. The number of hydrogen-bond donors (Lipinski definition) is 0. The third-order valence-electron chi connectivity index (χ3n) is 17.8. The summed E-state index contributed by atoms with van der Waals surface area (Å²) in [6, 6.07) is 115. The highest BCUT2D eigenvalue weighted by Gasteiger charge is 2.52. The normalized spacial score (nSPS) is 12.7. The van der Waals surface area contributed by atoms with Gasteiger partial charge in [0, 0.05) is 55.4 Å². The van der Waals surface area contributed by atoms with E-state index in [2.05, 4.69) is 323 Å². The van der Waals surface area contributed by atoms with Gasteiger partial charge in [0.1, 0.15) is 0 Å². The molecule has 0 atom stereocenters. The maximum atomic E-state index is 2.51.